The molecule has 0 bridgehead atoms. The van der Waals surface area contributed by atoms with Crippen LogP contribution in [0.4, 0.5) is 5.69 Å². The predicted octanol–water partition coefficient (Wildman–Crippen LogP) is 2.63. The van der Waals surface area contributed by atoms with Crippen molar-refractivity contribution in [2.24, 2.45) is 4.99 Å². The number of halogens is 1. The highest BCUT2D eigenvalue weighted by Crippen LogP contribution is 2.19. The maximum Gasteiger partial charge on any atom is 0.306 e. The number of rotatable bonds is 7. The highest BCUT2D eigenvalue weighted by molar-refractivity contribution is 14.0. The van der Waals surface area contributed by atoms with Crippen molar-refractivity contribution in [3.8, 4) is 0 Å². The summed E-state index contributed by atoms with van der Waals surface area (Å²) in [6, 6.07) is 11.4. The van der Waals surface area contributed by atoms with E-state index in [9.17, 15) is 10.1 Å². The van der Waals surface area contributed by atoms with Gasteiger partial charge >= 0.3 is 5.69 Å². The van der Waals surface area contributed by atoms with Gasteiger partial charge in [-0.05, 0) is 25.3 Å². The fourth-order valence-corrected chi connectivity index (χ4v) is 3.65. The van der Waals surface area contributed by atoms with Crippen molar-refractivity contribution in [1.82, 2.24) is 25.3 Å². The summed E-state index contributed by atoms with van der Waals surface area (Å²) in [7, 11) is 1.75. The molecule has 2 unspecified atom stereocenters. The van der Waals surface area contributed by atoms with E-state index in [1.54, 1.807) is 11.7 Å². The molecule has 164 valence electrons. The maximum absolute atomic E-state index is 10.7. The van der Waals surface area contributed by atoms with Crippen molar-refractivity contribution in [3.63, 3.8) is 0 Å². The van der Waals surface area contributed by atoms with Crippen molar-refractivity contribution in [2.45, 2.75) is 44.9 Å². The molecule has 1 saturated heterocycles. The van der Waals surface area contributed by atoms with E-state index in [2.05, 4.69) is 62.9 Å². The smallest absolute Gasteiger partial charge is 0.306 e. The predicted molar refractivity (Wildman–Crippen MR) is 128 cm³/mol. The summed E-state index contributed by atoms with van der Waals surface area (Å²) in [6.45, 7) is 5.42. The molecule has 1 fully saturated rings. The van der Waals surface area contributed by atoms with E-state index in [-0.39, 0.29) is 29.7 Å². The highest BCUT2D eigenvalue weighted by atomic mass is 127. The number of guanidine groups is 1. The Balaban J connectivity index is 0.00000320. The largest absolute Gasteiger partial charge is 0.355 e. The topological polar surface area (TPSA) is 101 Å². The summed E-state index contributed by atoms with van der Waals surface area (Å²) in [5.74, 6) is 0.750. The van der Waals surface area contributed by atoms with Crippen molar-refractivity contribution < 1.29 is 4.92 Å². The third-order valence-electron chi connectivity index (χ3n) is 5.27. The molecule has 30 heavy (non-hydrogen) atoms. The van der Waals surface area contributed by atoms with E-state index < -0.39 is 4.92 Å². The van der Waals surface area contributed by atoms with Gasteiger partial charge in [0.15, 0.2) is 5.96 Å². The zero-order chi connectivity index (χ0) is 20.6. The number of hydrogen-bond donors (Lipinski definition) is 2. The van der Waals surface area contributed by atoms with Crippen LogP contribution >= 0.6 is 24.0 Å². The lowest BCUT2D eigenvalue weighted by atomic mass is 9.97. The number of benzene rings is 1. The minimum atomic E-state index is -0.442. The van der Waals surface area contributed by atoms with Gasteiger partial charge in [-0.2, -0.15) is 5.10 Å². The van der Waals surface area contributed by atoms with Gasteiger partial charge in [-0.25, -0.2) is 0 Å². The Morgan fingerprint density at radius 2 is 2.13 bits per heavy atom. The summed E-state index contributed by atoms with van der Waals surface area (Å²) < 4.78 is 1.56. The van der Waals surface area contributed by atoms with E-state index in [1.807, 2.05) is 0 Å². The quantitative estimate of drug-likeness (QED) is 0.189. The average Bonchev–Trinajstić information content (AvgIpc) is 3.19. The average molecular weight is 527 g/mol. The third kappa shape index (κ3) is 6.94. The molecule has 2 N–H and O–H groups in total. The number of nitrogens with one attached hydrogen (secondary N) is 2. The zero-order valence-electron chi connectivity index (χ0n) is 17.4. The van der Waals surface area contributed by atoms with Crippen LogP contribution in [0.5, 0.6) is 0 Å². The molecule has 1 aliphatic heterocycles. The summed E-state index contributed by atoms with van der Waals surface area (Å²) in [6.07, 6.45) is 4.81. The Bertz CT molecular complexity index is 828. The van der Waals surface area contributed by atoms with Gasteiger partial charge in [-0.3, -0.25) is 24.7 Å². The van der Waals surface area contributed by atoms with Crippen LogP contribution in [0.3, 0.4) is 0 Å². The first kappa shape index (κ1) is 24.1. The van der Waals surface area contributed by atoms with Crippen LogP contribution in [-0.2, 0) is 13.1 Å². The van der Waals surface area contributed by atoms with E-state index >= 15 is 0 Å². The van der Waals surface area contributed by atoms with Crippen LogP contribution < -0.4 is 10.6 Å². The molecule has 10 heteroatoms. The van der Waals surface area contributed by atoms with Gasteiger partial charge < -0.3 is 10.6 Å². The zero-order valence-corrected chi connectivity index (χ0v) is 19.7. The van der Waals surface area contributed by atoms with Gasteiger partial charge in [-0.15, -0.1) is 24.0 Å². The molecule has 2 aromatic rings. The number of piperidine rings is 1. The first-order valence-corrected chi connectivity index (χ1v) is 9.97. The lowest BCUT2D eigenvalue weighted by molar-refractivity contribution is -0.385. The lowest BCUT2D eigenvalue weighted by Gasteiger charge is -2.38. The number of nitrogens with zero attached hydrogens (tertiary/aromatic N) is 5. The number of aliphatic imine (C=N–C) groups is 1. The first-order valence-electron chi connectivity index (χ1n) is 9.97. The fraction of sp³-hybridized carbons (Fsp3) is 0.500. The molecule has 0 saturated carbocycles. The lowest BCUT2D eigenvalue weighted by Crippen LogP contribution is -2.51. The van der Waals surface area contributed by atoms with Crippen molar-refractivity contribution >= 4 is 35.6 Å². The molecule has 1 aromatic carbocycles. The molecule has 0 radical (unpaired) electrons. The fourth-order valence-electron chi connectivity index (χ4n) is 3.65. The maximum atomic E-state index is 10.7. The van der Waals surface area contributed by atoms with Gasteiger partial charge in [-0.1, -0.05) is 30.3 Å². The highest BCUT2D eigenvalue weighted by Gasteiger charge is 2.25. The van der Waals surface area contributed by atoms with Crippen LogP contribution in [0.25, 0.3) is 0 Å². The summed E-state index contributed by atoms with van der Waals surface area (Å²) in [5, 5.41) is 21.5. The second-order valence-corrected chi connectivity index (χ2v) is 7.39. The second kappa shape index (κ2) is 11.8. The Kier molecular flexibility index (Phi) is 9.50. The minimum Gasteiger partial charge on any atom is -0.355 e. The molecule has 0 aliphatic carbocycles. The molecular formula is C20H30IN7O2. The summed E-state index contributed by atoms with van der Waals surface area (Å²) in [5.41, 5.74) is 1.35. The van der Waals surface area contributed by atoms with Gasteiger partial charge in [0.25, 0.3) is 0 Å². The molecule has 0 spiro atoms. The van der Waals surface area contributed by atoms with Crippen molar-refractivity contribution in [2.75, 3.05) is 20.1 Å². The number of nitro groups is 1. The van der Waals surface area contributed by atoms with E-state index in [4.69, 9.17) is 0 Å². The number of likely N-dealkylation sites (tertiary alicyclic amines) is 1. The molecular weight excluding hydrogens is 497 g/mol. The van der Waals surface area contributed by atoms with E-state index in [0.29, 0.717) is 25.2 Å². The van der Waals surface area contributed by atoms with Crippen LogP contribution in [0, 0.1) is 10.1 Å². The molecule has 9 nitrogen and oxygen atoms in total. The molecule has 0 amide bonds. The number of aromatic nitrogens is 2. The monoisotopic (exact) mass is 527 g/mol. The second-order valence-electron chi connectivity index (χ2n) is 7.39. The van der Waals surface area contributed by atoms with E-state index in [0.717, 1.165) is 31.9 Å². The number of hydrogen-bond acceptors (Lipinski definition) is 5. The molecule has 1 aromatic heterocycles. The van der Waals surface area contributed by atoms with Gasteiger partial charge in [0.2, 0.25) is 0 Å². The normalized spacial score (nSPS) is 19.7. The summed E-state index contributed by atoms with van der Waals surface area (Å²) >= 11 is 0. The van der Waals surface area contributed by atoms with Crippen LogP contribution in [0.2, 0.25) is 0 Å². The third-order valence-corrected chi connectivity index (χ3v) is 5.27. The SMILES string of the molecule is CN=C(NCCn1cc([N+](=O)[O-])cn1)NC1CCN(Cc2ccccc2)C(C)C1.I. The van der Waals surface area contributed by atoms with Crippen molar-refractivity contribution in [3.05, 3.63) is 58.4 Å². The Morgan fingerprint density at radius 3 is 2.77 bits per heavy atom. The first-order chi connectivity index (χ1) is 14.0. The molecule has 3 rings (SSSR count). The van der Waals surface area contributed by atoms with Crippen molar-refractivity contribution in [1.29, 1.82) is 0 Å². The van der Waals surface area contributed by atoms with Crippen LogP contribution in [0.1, 0.15) is 25.3 Å². The van der Waals surface area contributed by atoms with Crippen LogP contribution in [-0.4, -0.2) is 57.8 Å². The van der Waals surface area contributed by atoms with Gasteiger partial charge in [0, 0.05) is 38.8 Å². The Hall–Kier alpha value is -2.21. The Labute approximate surface area is 194 Å². The molecule has 2 heterocycles. The van der Waals surface area contributed by atoms with Gasteiger partial charge in [0.1, 0.15) is 12.4 Å². The van der Waals surface area contributed by atoms with E-state index in [1.165, 1.54) is 18.0 Å². The Morgan fingerprint density at radius 1 is 1.37 bits per heavy atom. The molecule has 2 atom stereocenters. The minimum absolute atomic E-state index is 0. The standard InChI is InChI=1S/C20H29N7O2.HI/c1-16-12-18(8-10-25(16)14-17-6-4-3-5-7-17)24-20(21-2)22-9-11-26-15-19(13-23-26)27(28)29;/h3-7,13,15-16,18H,8-12,14H2,1-2H3,(H2,21,22,24);1H. The molecule has 1 aliphatic rings. The summed E-state index contributed by atoms with van der Waals surface area (Å²) in [4.78, 5) is 17.1. The van der Waals surface area contributed by atoms with Crippen LogP contribution in [0.15, 0.2) is 47.7 Å². The van der Waals surface area contributed by atoms with Gasteiger partial charge in [0.05, 0.1) is 11.5 Å².